The highest BCUT2D eigenvalue weighted by Gasteiger charge is 2.17. The number of rotatable bonds is 1. The van der Waals surface area contributed by atoms with Crippen LogP contribution in [-0.4, -0.2) is 12.3 Å². The van der Waals surface area contributed by atoms with E-state index in [4.69, 9.17) is 34.8 Å². The second-order valence-corrected chi connectivity index (χ2v) is 4.16. The molecule has 1 aliphatic heterocycles. The lowest BCUT2D eigenvalue weighted by Crippen LogP contribution is -1.99. The van der Waals surface area contributed by atoms with E-state index in [0.717, 1.165) is 17.7 Å². The maximum Gasteiger partial charge on any atom is 0.0747 e. The Morgan fingerprint density at radius 1 is 1.07 bits per heavy atom. The molecule has 0 N–H and O–H groups in total. The Morgan fingerprint density at radius 2 is 1.71 bits per heavy atom. The van der Waals surface area contributed by atoms with E-state index in [9.17, 15) is 0 Å². The van der Waals surface area contributed by atoms with Crippen LogP contribution in [0.4, 0.5) is 0 Å². The van der Waals surface area contributed by atoms with E-state index in [1.54, 1.807) is 12.1 Å². The smallest absolute Gasteiger partial charge is 0.0747 e. The fourth-order valence-electron chi connectivity index (χ4n) is 1.33. The summed E-state index contributed by atoms with van der Waals surface area (Å²) >= 11 is 17.8. The predicted octanol–water partition coefficient (Wildman–Crippen LogP) is 3.36. The van der Waals surface area contributed by atoms with Gasteiger partial charge in [0.05, 0.1) is 22.3 Å². The first-order valence-electron chi connectivity index (χ1n) is 4.07. The van der Waals surface area contributed by atoms with Crippen LogP contribution in [0, 0.1) is 0 Å². The molecule has 0 fully saturated rings. The van der Waals surface area contributed by atoms with Gasteiger partial charge in [-0.05, 0) is 12.1 Å². The van der Waals surface area contributed by atoms with Crippen LogP contribution in [0.5, 0.6) is 0 Å². The second kappa shape index (κ2) is 3.97. The number of benzene rings is 1. The quantitative estimate of drug-likeness (QED) is 0.729. The van der Waals surface area contributed by atoms with Gasteiger partial charge in [-0.25, -0.2) is 0 Å². The summed E-state index contributed by atoms with van der Waals surface area (Å²) in [7, 11) is 0. The molecule has 0 spiro atoms. The van der Waals surface area contributed by atoms with E-state index in [1.165, 1.54) is 0 Å². The fraction of sp³-hybridized carbons (Fsp3) is 0.222. The van der Waals surface area contributed by atoms with Crippen LogP contribution in [-0.2, 0) is 0 Å². The third kappa shape index (κ3) is 1.83. The van der Waals surface area contributed by atoms with Gasteiger partial charge < -0.3 is 0 Å². The maximum atomic E-state index is 6.02. The normalized spacial score (nSPS) is 15.2. The van der Waals surface area contributed by atoms with Gasteiger partial charge in [0.2, 0.25) is 0 Å². The van der Waals surface area contributed by atoms with Crippen molar-refractivity contribution in [3.63, 3.8) is 0 Å². The Morgan fingerprint density at radius 3 is 2.21 bits per heavy atom. The van der Waals surface area contributed by atoms with Crippen LogP contribution in [0.1, 0.15) is 12.0 Å². The molecule has 0 saturated carbocycles. The SMILES string of the molecule is Clc1cc(Cl)c(C2=N[N]CC2)c(Cl)c1. The molecule has 1 heterocycles. The van der Waals surface area contributed by atoms with Crippen LogP contribution in [0.25, 0.3) is 0 Å². The van der Waals surface area contributed by atoms with Crippen molar-refractivity contribution in [3.8, 4) is 0 Å². The number of halogens is 3. The van der Waals surface area contributed by atoms with E-state index in [0.29, 0.717) is 21.6 Å². The second-order valence-electron chi connectivity index (χ2n) is 2.91. The number of nitrogens with zero attached hydrogens (tertiary/aromatic N) is 2. The molecule has 1 aliphatic rings. The summed E-state index contributed by atoms with van der Waals surface area (Å²) in [6.45, 7) is 0.699. The van der Waals surface area contributed by atoms with Gasteiger partial charge in [0, 0.05) is 17.0 Å². The van der Waals surface area contributed by atoms with Crippen LogP contribution >= 0.6 is 34.8 Å². The minimum Gasteiger partial charge on any atom is -0.189 e. The van der Waals surface area contributed by atoms with Crippen molar-refractivity contribution in [2.75, 3.05) is 6.54 Å². The molecule has 0 bridgehead atoms. The van der Waals surface area contributed by atoms with Gasteiger partial charge >= 0.3 is 0 Å². The molecule has 73 valence electrons. The number of hydrogen-bond acceptors (Lipinski definition) is 1. The van der Waals surface area contributed by atoms with Gasteiger partial charge in [0.15, 0.2) is 0 Å². The molecule has 0 aliphatic carbocycles. The third-order valence-electron chi connectivity index (χ3n) is 1.94. The molecule has 0 aromatic heterocycles. The summed E-state index contributed by atoms with van der Waals surface area (Å²) in [6.07, 6.45) is 0.779. The number of hydrogen-bond donors (Lipinski definition) is 0. The highest BCUT2D eigenvalue weighted by atomic mass is 35.5. The zero-order valence-electron chi connectivity index (χ0n) is 7.10. The summed E-state index contributed by atoms with van der Waals surface area (Å²) < 4.78 is 0. The van der Waals surface area contributed by atoms with Crippen LogP contribution in [0.15, 0.2) is 17.2 Å². The van der Waals surface area contributed by atoms with E-state index in [-0.39, 0.29) is 0 Å². The van der Waals surface area contributed by atoms with Gasteiger partial charge in [-0.3, -0.25) is 0 Å². The van der Waals surface area contributed by atoms with Gasteiger partial charge in [-0.2, -0.15) is 10.5 Å². The van der Waals surface area contributed by atoms with Crippen molar-refractivity contribution >= 4 is 40.5 Å². The molecule has 1 radical (unpaired) electrons. The Labute approximate surface area is 96.8 Å². The topological polar surface area (TPSA) is 26.5 Å². The van der Waals surface area contributed by atoms with Crippen molar-refractivity contribution in [2.24, 2.45) is 5.10 Å². The molecule has 2 nitrogen and oxygen atoms in total. The van der Waals surface area contributed by atoms with E-state index < -0.39 is 0 Å². The largest absolute Gasteiger partial charge is 0.189 e. The summed E-state index contributed by atoms with van der Waals surface area (Å²) in [5, 5.41) is 5.57. The maximum absolute atomic E-state index is 6.02. The fourth-order valence-corrected chi connectivity index (χ4v) is 2.37. The summed E-state index contributed by atoms with van der Waals surface area (Å²) in [4.78, 5) is 0. The first kappa shape index (κ1) is 10.1. The molecular weight excluding hydrogens is 242 g/mol. The highest BCUT2D eigenvalue weighted by Crippen LogP contribution is 2.30. The zero-order chi connectivity index (χ0) is 10.1. The molecule has 1 aromatic rings. The van der Waals surface area contributed by atoms with Gasteiger partial charge in [0.25, 0.3) is 0 Å². The lowest BCUT2D eigenvalue weighted by molar-refractivity contribution is 0.795. The lowest BCUT2D eigenvalue weighted by atomic mass is 10.1. The van der Waals surface area contributed by atoms with Crippen molar-refractivity contribution < 1.29 is 0 Å². The molecule has 1 aromatic carbocycles. The van der Waals surface area contributed by atoms with E-state index in [2.05, 4.69) is 10.5 Å². The third-order valence-corrected chi connectivity index (χ3v) is 2.75. The highest BCUT2D eigenvalue weighted by molar-refractivity contribution is 6.42. The Bertz CT molecular complexity index is 378. The summed E-state index contributed by atoms with van der Waals surface area (Å²) in [5.74, 6) is 0. The molecule has 14 heavy (non-hydrogen) atoms. The minimum absolute atomic E-state index is 0.526. The van der Waals surface area contributed by atoms with E-state index >= 15 is 0 Å². The summed E-state index contributed by atoms with van der Waals surface area (Å²) in [5.41, 5.74) is 5.46. The molecule has 0 saturated heterocycles. The first-order chi connectivity index (χ1) is 6.68. The average molecular weight is 249 g/mol. The molecule has 2 rings (SSSR count). The van der Waals surface area contributed by atoms with Crippen LogP contribution < -0.4 is 5.43 Å². The van der Waals surface area contributed by atoms with Gasteiger partial charge in [0.1, 0.15) is 0 Å². The van der Waals surface area contributed by atoms with Crippen molar-refractivity contribution in [1.82, 2.24) is 5.43 Å². The molecular formula is C9H6Cl3N2. The molecule has 0 unspecified atom stereocenters. The van der Waals surface area contributed by atoms with E-state index in [1.807, 2.05) is 0 Å². The molecule has 0 amide bonds. The monoisotopic (exact) mass is 247 g/mol. The first-order valence-corrected chi connectivity index (χ1v) is 5.20. The van der Waals surface area contributed by atoms with Crippen molar-refractivity contribution in [2.45, 2.75) is 6.42 Å². The Hall–Kier alpha value is -0.440. The average Bonchev–Trinajstić information content (AvgIpc) is 2.54. The van der Waals surface area contributed by atoms with Crippen molar-refractivity contribution in [3.05, 3.63) is 32.8 Å². The zero-order valence-corrected chi connectivity index (χ0v) is 9.37. The molecule has 5 heteroatoms. The van der Waals surface area contributed by atoms with Crippen LogP contribution in [0.2, 0.25) is 15.1 Å². The lowest BCUT2D eigenvalue weighted by Gasteiger charge is -2.05. The van der Waals surface area contributed by atoms with Gasteiger partial charge in [-0.1, -0.05) is 34.8 Å². The van der Waals surface area contributed by atoms with Gasteiger partial charge in [-0.15, -0.1) is 0 Å². The minimum atomic E-state index is 0.526. The Kier molecular flexibility index (Phi) is 2.86. The predicted molar refractivity (Wildman–Crippen MR) is 59.6 cm³/mol. The van der Waals surface area contributed by atoms with Crippen molar-refractivity contribution in [1.29, 1.82) is 0 Å². The Balaban J connectivity index is 2.52. The van der Waals surface area contributed by atoms with Crippen LogP contribution in [0.3, 0.4) is 0 Å². The standard InChI is InChI=1S/C9H6Cl3N2/c10-5-3-6(11)9(7(12)4-5)8-1-2-13-14-8/h3-4H,1-2H2. The molecule has 0 atom stereocenters. The summed E-state index contributed by atoms with van der Waals surface area (Å²) in [6, 6.07) is 3.32.